The van der Waals surface area contributed by atoms with Crippen molar-refractivity contribution in [3.05, 3.63) is 82.6 Å². The van der Waals surface area contributed by atoms with Gasteiger partial charge in [0.05, 0.1) is 11.6 Å². The van der Waals surface area contributed by atoms with Gasteiger partial charge in [0.25, 0.3) is 0 Å². The molecule has 1 amide bonds. The normalized spacial score (nSPS) is 17.5. The molecule has 200 valence electrons. The molecule has 2 aromatic heterocycles. The van der Waals surface area contributed by atoms with Gasteiger partial charge < -0.3 is 14.5 Å². The highest BCUT2D eigenvalue weighted by Crippen LogP contribution is 2.27. The summed E-state index contributed by atoms with van der Waals surface area (Å²) in [5, 5.41) is 1.38. The Labute approximate surface area is 233 Å². The van der Waals surface area contributed by atoms with Crippen LogP contribution in [0.5, 0.6) is 5.88 Å². The van der Waals surface area contributed by atoms with Gasteiger partial charge >= 0.3 is 0 Å². The number of Topliss-reactive ketones (excluding diaryl/α,β-unsaturated/α-hetero) is 1. The van der Waals surface area contributed by atoms with Crippen molar-refractivity contribution >= 4 is 40.7 Å². The molecule has 5 rings (SSSR count). The van der Waals surface area contributed by atoms with Crippen molar-refractivity contribution < 1.29 is 14.3 Å². The standard InChI is InChI=1S/C23H27ClN4O3.C6H5Cl/c1-16(29)19-2-4-21(25-12-19)27-10-7-18(8-11-27)23(30)28-9-6-17(14-28)15-31-22-5-3-20(24)13-26-22;7-6-4-2-1-3-5-6/h2-5,12-13,17-18H,6-11,14-15H2,1H3;1-5H. The van der Waals surface area contributed by atoms with Crippen LogP contribution >= 0.6 is 23.2 Å². The second kappa shape index (κ2) is 13.6. The van der Waals surface area contributed by atoms with E-state index in [4.69, 9.17) is 27.9 Å². The molecule has 0 saturated carbocycles. The molecular formula is C29H32Cl2N4O3. The Kier molecular flexibility index (Phi) is 9.96. The highest BCUT2D eigenvalue weighted by Gasteiger charge is 2.33. The molecule has 0 bridgehead atoms. The van der Waals surface area contributed by atoms with E-state index in [9.17, 15) is 9.59 Å². The third-order valence-electron chi connectivity index (χ3n) is 6.82. The maximum atomic E-state index is 13.0. The first-order valence-electron chi connectivity index (χ1n) is 12.8. The monoisotopic (exact) mass is 554 g/mol. The number of hydrogen-bond acceptors (Lipinski definition) is 6. The Morgan fingerprint density at radius 3 is 2.24 bits per heavy atom. The summed E-state index contributed by atoms with van der Waals surface area (Å²) in [7, 11) is 0. The van der Waals surface area contributed by atoms with Crippen LogP contribution in [0.15, 0.2) is 67.0 Å². The molecule has 0 N–H and O–H groups in total. The molecule has 2 aliphatic rings. The summed E-state index contributed by atoms with van der Waals surface area (Å²) < 4.78 is 5.76. The number of amides is 1. The molecule has 1 atom stereocenters. The van der Waals surface area contributed by atoms with E-state index in [0.29, 0.717) is 29.0 Å². The number of rotatable bonds is 6. The van der Waals surface area contributed by atoms with Crippen LogP contribution in [0.4, 0.5) is 5.82 Å². The molecule has 0 aliphatic carbocycles. The van der Waals surface area contributed by atoms with E-state index in [0.717, 1.165) is 56.3 Å². The zero-order chi connectivity index (χ0) is 26.9. The lowest BCUT2D eigenvalue weighted by atomic mass is 9.95. The average Bonchev–Trinajstić information content (AvgIpc) is 3.42. The van der Waals surface area contributed by atoms with Crippen LogP contribution in [0.3, 0.4) is 0 Å². The van der Waals surface area contributed by atoms with E-state index in [1.807, 2.05) is 47.4 Å². The number of carbonyl (C=O) groups excluding carboxylic acids is 2. The summed E-state index contributed by atoms with van der Waals surface area (Å²) in [5.74, 6) is 2.08. The zero-order valence-corrected chi connectivity index (χ0v) is 22.9. The topological polar surface area (TPSA) is 75.6 Å². The Morgan fingerprint density at radius 2 is 1.66 bits per heavy atom. The van der Waals surface area contributed by atoms with E-state index in [1.54, 1.807) is 24.5 Å². The van der Waals surface area contributed by atoms with Crippen molar-refractivity contribution in [2.75, 3.05) is 37.7 Å². The van der Waals surface area contributed by atoms with E-state index in [1.165, 1.54) is 6.92 Å². The number of benzene rings is 1. The summed E-state index contributed by atoms with van der Waals surface area (Å²) in [6.07, 6.45) is 5.79. The van der Waals surface area contributed by atoms with Gasteiger partial charge in [0.1, 0.15) is 5.82 Å². The van der Waals surface area contributed by atoms with Crippen molar-refractivity contribution in [1.82, 2.24) is 14.9 Å². The van der Waals surface area contributed by atoms with Crippen LogP contribution < -0.4 is 9.64 Å². The first-order valence-corrected chi connectivity index (χ1v) is 13.6. The second-order valence-corrected chi connectivity index (χ2v) is 10.5. The Balaban J connectivity index is 0.000000417. The number of aromatic nitrogens is 2. The number of ether oxygens (including phenoxy) is 1. The summed E-state index contributed by atoms with van der Waals surface area (Å²) in [6.45, 7) is 5.21. The largest absolute Gasteiger partial charge is 0.477 e. The van der Waals surface area contributed by atoms with Crippen LogP contribution in [-0.4, -0.2) is 59.3 Å². The minimum absolute atomic E-state index is 0.0158. The third kappa shape index (κ3) is 7.92. The number of carbonyl (C=O) groups is 2. The van der Waals surface area contributed by atoms with Gasteiger partial charge in [-0.2, -0.15) is 0 Å². The van der Waals surface area contributed by atoms with E-state index in [2.05, 4.69) is 14.9 Å². The SMILES string of the molecule is CC(=O)c1ccc(N2CCC(C(=O)N3CCC(COc4ccc(Cl)cn4)C3)CC2)nc1.Clc1ccccc1. The molecular weight excluding hydrogens is 523 g/mol. The predicted octanol–water partition coefficient (Wildman–Crippen LogP) is 5.82. The fourth-order valence-corrected chi connectivity index (χ4v) is 4.89. The molecule has 4 heterocycles. The number of likely N-dealkylation sites (tertiary alicyclic amines) is 1. The van der Waals surface area contributed by atoms with Gasteiger partial charge in [0.15, 0.2) is 5.78 Å². The predicted molar refractivity (Wildman–Crippen MR) is 150 cm³/mol. The number of hydrogen-bond donors (Lipinski definition) is 0. The Hall–Kier alpha value is -3.16. The molecule has 1 unspecified atom stereocenters. The number of halogens is 2. The number of piperidine rings is 1. The summed E-state index contributed by atoms with van der Waals surface area (Å²) >= 11 is 11.4. The van der Waals surface area contributed by atoms with Gasteiger partial charge in [0.2, 0.25) is 11.8 Å². The first kappa shape index (κ1) is 27.9. The lowest BCUT2D eigenvalue weighted by Crippen LogP contribution is -2.42. The molecule has 2 saturated heterocycles. The van der Waals surface area contributed by atoms with E-state index >= 15 is 0 Å². The first-order chi connectivity index (χ1) is 18.4. The van der Waals surface area contributed by atoms with Gasteiger partial charge in [-0.25, -0.2) is 9.97 Å². The average molecular weight is 556 g/mol. The van der Waals surface area contributed by atoms with Crippen LogP contribution in [-0.2, 0) is 4.79 Å². The van der Waals surface area contributed by atoms with Gasteiger partial charge in [0, 0.05) is 67.1 Å². The third-order valence-corrected chi connectivity index (χ3v) is 7.30. The molecule has 1 aromatic carbocycles. The van der Waals surface area contributed by atoms with Gasteiger partial charge in [-0.3, -0.25) is 9.59 Å². The number of anilines is 1. The van der Waals surface area contributed by atoms with Gasteiger partial charge in [-0.1, -0.05) is 41.4 Å². The molecule has 2 fully saturated rings. The summed E-state index contributed by atoms with van der Waals surface area (Å²) in [4.78, 5) is 37.2. The minimum Gasteiger partial charge on any atom is -0.477 e. The van der Waals surface area contributed by atoms with Crippen LogP contribution in [0.2, 0.25) is 10.0 Å². The number of ketones is 1. The van der Waals surface area contributed by atoms with Crippen LogP contribution in [0.25, 0.3) is 0 Å². The molecule has 9 heteroatoms. The number of pyridine rings is 2. The quantitative estimate of drug-likeness (QED) is 0.357. The fraction of sp³-hybridized carbons (Fsp3) is 0.379. The van der Waals surface area contributed by atoms with Crippen molar-refractivity contribution in [1.29, 1.82) is 0 Å². The summed E-state index contributed by atoms with van der Waals surface area (Å²) in [6, 6.07) is 16.7. The van der Waals surface area contributed by atoms with Gasteiger partial charge in [-0.05, 0) is 56.5 Å². The minimum atomic E-state index is 0.0158. The molecule has 7 nitrogen and oxygen atoms in total. The Morgan fingerprint density at radius 1 is 0.895 bits per heavy atom. The molecule has 3 aromatic rings. The van der Waals surface area contributed by atoms with Crippen molar-refractivity contribution in [2.24, 2.45) is 11.8 Å². The molecule has 38 heavy (non-hydrogen) atoms. The second-order valence-electron chi connectivity index (χ2n) is 9.58. The van der Waals surface area contributed by atoms with Crippen molar-refractivity contribution in [2.45, 2.75) is 26.2 Å². The highest BCUT2D eigenvalue weighted by molar-refractivity contribution is 6.30. The lowest BCUT2D eigenvalue weighted by molar-refractivity contribution is -0.135. The van der Waals surface area contributed by atoms with E-state index in [-0.39, 0.29) is 17.6 Å². The van der Waals surface area contributed by atoms with Crippen molar-refractivity contribution in [3.8, 4) is 5.88 Å². The highest BCUT2D eigenvalue weighted by atomic mass is 35.5. The summed E-state index contributed by atoms with van der Waals surface area (Å²) in [5.41, 5.74) is 0.619. The van der Waals surface area contributed by atoms with Crippen molar-refractivity contribution in [3.63, 3.8) is 0 Å². The molecule has 0 radical (unpaired) electrons. The molecule has 2 aliphatic heterocycles. The maximum Gasteiger partial charge on any atom is 0.225 e. The smallest absolute Gasteiger partial charge is 0.225 e. The number of nitrogens with zero attached hydrogens (tertiary/aromatic N) is 4. The maximum absolute atomic E-state index is 13.0. The fourth-order valence-electron chi connectivity index (χ4n) is 4.63. The van der Waals surface area contributed by atoms with E-state index < -0.39 is 0 Å². The molecule has 0 spiro atoms. The lowest BCUT2D eigenvalue weighted by Gasteiger charge is -2.34. The van der Waals surface area contributed by atoms with Crippen LogP contribution in [0, 0.1) is 11.8 Å². The van der Waals surface area contributed by atoms with Crippen LogP contribution in [0.1, 0.15) is 36.5 Å². The Bertz CT molecular complexity index is 1180. The van der Waals surface area contributed by atoms with Gasteiger partial charge in [-0.15, -0.1) is 0 Å². The zero-order valence-electron chi connectivity index (χ0n) is 21.4.